The summed E-state index contributed by atoms with van der Waals surface area (Å²) in [5, 5.41) is 0. The number of rotatable bonds is 2. The second-order valence-electron chi connectivity index (χ2n) is 2.44. The van der Waals surface area contributed by atoms with Crippen LogP contribution >= 0.6 is 15.4 Å². The third-order valence-corrected chi connectivity index (χ3v) is 5.78. The fraction of sp³-hybridized carbons (Fsp3) is 1.00. The summed E-state index contributed by atoms with van der Waals surface area (Å²) in [7, 11) is -7.71. The van der Waals surface area contributed by atoms with E-state index in [0.717, 1.165) is 13.3 Å². The predicted octanol–water partition coefficient (Wildman–Crippen LogP) is -3.96. The van der Waals surface area contributed by atoms with Crippen molar-refractivity contribution in [2.75, 3.05) is 19.2 Å². The fourth-order valence-electron chi connectivity index (χ4n) is 0.583. The van der Waals surface area contributed by atoms with E-state index < -0.39 is 21.3 Å². The minimum Gasteiger partial charge on any atom is 2.00 e. The normalized spacial score (nSPS) is 14.4. The van der Waals surface area contributed by atoms with E-state index in [9.17, 15) is 19.6 Å². The van der Waals surface area contributed by atoms with Crippen molar-refractivity contribution in [2.24, 2.45) is 0 Å². The second kappa shape index (κ2) is 6.65. The Morgan fingerprint density at radius 3 is 1.00 bits per heavy atom. The van der Waals surface area contributed by atoms with Gasteiger partial charge in [-0.1, -0.05) is 0 Å². The molecule has 0 saturated heterocycles. The average Bonchev–Trinajstić information content (AvgIpc) is 1.14. The Balaban J connectivity index is -0.000000320. The molecule has 0 N–H and O–H groups in total. The molecule has 0 heterocycles. The predicted molar refractivity (Wildman–Crippen MR) is 44.9 cm³/mol. The van der Waals surface area contributed by atoms with Crippen LogP contribution in [-0.2, 0) is 0 Å². The first kappa shape index (κ1) is 18.9. The Hall–Kier alpha value is 2.23. The smallest absolute Gasteiger partial charge is 2.00 e. The van der Waals surface area contributed by atoms with E-state index in [-0.39, 0.29) is 46.1 Å². The van der Waals surface area contributed by atoms with E-state index in [1.807, 2.05) is 0 Å². The molecule has 0 radical (unpaired) electrons. The van der Waals surface area contributed by atoms with Gasteiger partial charge < -0.3 is 0 Å². The molecule has 0 unspecified atom stereocenters. The Kier molecular flexibility index (Phi) is 11.4. The standard InChI is InChI=1S/C3H10O4P2.2Mg/c1-8(4,5)3-9(2,6)7;;/h8-9H,3H2,1-2H3;;/q-4;2*+2. The van der Waals surface area contributed by atoms with Gasteiger partial charge in [0.1, 0.15) is 0 Å². The van der Waals surface area contributed by atoms with Crippen molar-refractivity contribution in [3.63, 3.8) is 0 Å². The van der Waals surface area contributed by atoms with Crippen molar-refractivity contribution < 1.29 is 19.6 Å². The third kappa shape index (κ3) is 18.9. The molecule has 0 saturated carbocycles. The molecule has 0 amide bonds. The maximum atomic E-state index is 10.3. The van der Waals surface area contributed by atoms with Crippen molar-refractivity contribution >= 4 is 61.5 Å². The van der Waals surface area contributed by atoms with Gasteiger partial charge in [0.15, 0.2) is 0 Å². The molecule has 0 aromatic rings. The summed E-state index contributed by atoms with van der Waals surface area (Å²) in [5.41, 5.74) is 0. The first-order chi connectivity index (χ1) is 3.71. The molecule has 0 spiro atoms. The molecule has 60 valence electrons. The van der Waals surface area contributed by atoms with Crippen molar-refractivity contribution in [1.29, 1.82) is 0 Å². The molecule has 0 aromatic heterocycles. The fourth-order valence-corrected chi connectivity index (χ4v) is 5.25. The van der Waals surface area contributed by atoms with Gasteiger partial charge in [-0.3, -0.25) is 0 Å². The van der Waals surface area contributed by atoms with Crippen molar-refractivity contribution in [1.82, 2.24) is 0 Å². The van der Waals surface area contributed by atoms with Crippen LogP contribution in [0.15, 0.2) is 0 Å². The summed E-state index contributed by atoms with van der Waals surface area (Å²) in [6.07, 6.45) is 0. The molecule has 11 heavy (non-hydrogen) atoms. The Labute approximate surface area is 99.7 Å². The Morgan fingerprint density at radius 2 is 1.00 bits per heavy atom. The molecule has 0 rings (SSSR count). The number of hydrogen-bond acceptors (Lipinski definition) is 4. The summed E-state index contributed by atoms with van der Waals surface area (Å²) in [6.45, 7) is 1.90. The van der Waals surface area contributed by atoms with Crippen LogP contribution in [0.5, 0.6) is 0 Å². The molecule has 0 atom stereocenters. The third-order valence-electron chi connectivity index (χ3n) is 0.642. The molecule has 0 aliphatic heterocycles. The largest absolute Gasteiger partial charge is 2.00 e. The van der Waals surface area contributed by atoms with Gasteiger partial charge in [-0.15, -0.1) is 0 Å². The molecule has 0 aliphatic rings. The Morgan fingerprint density at radius 1 is 0.818 bits per heavy atom. The van der Waals surface area contributed by atoms with E-state index in [4.69, 9.17) is 0 Å². The van der Waals surface area contributed by atoms with E-state index in [1.165, 1.54) is 0 Å². The van der Waals surface area contributed by atoms with E-state index in [0.29, 0.717) is 0 Å². The molecule has 8 heteroatoms. The van der Waals surface area contributed by atoms with Crippen LogP contribution in [0.4, 0.5) is 0 Å². The Bertz CT molecular complexity index is 86.5. The molecular formula is C3H10Mg2O4P2. The summed E-state index contributed by atoms with van der Waals surface area (Å²) in [5.74, 6) is -0.653. The molecular weight excluding hydrogens is 211 g/mol. The molecule has 0 aliphatic carbocycles. The summed E-state index contributed by atoms with van der Waals surface area (Å²) in [6, 6.07) is 0. The molecule has 0 fully saturated rings. The number of hydrogen-bond donors (Lipinski definition) is 0. The van der Waals surface area contributed by atoms with Crippen LogP contribution < -0.4 is 19.6 Å². The van der Waals surface area contributed by atoms with E-state index >= 15 is 0 Å². The first-order valence-electron chi connectivity index (χ1n) is 2.52. The molecule has 0 aromatic carbocycles. The molecule has 4 nitrogen and oxygen atoms in total. The zero-order valence-electron chi connectivity index (χ0n) is 6.75. The van der Waals surface area contributed by atoms with Crippen molar-refractivity contribution in [2.45, 2.75) is 0 Å². The zero-order chi connectivity index (χ0) is 7.71. The van der Waals surface area contributed by atoms with Crippen LogP contribution in [0, 0.1) is 0 Å². The summed E-state index contributed by atoms with van der Waals surface area (Å²) in [4.78, 5) is 41.3. The summed E-state index contributed by atoms with van der Waals surface area (Å²) < 4.78 is 0. The van der Waals surface area contributed by atoms with Crippen LogP contribution in [0.25, 0.3) is 0 Å². The topological polar surface area (TPSA) is 92.2 Å². The van der Waals surface area contributed by atoms with Crippen molar-refractivity contribution in [3.8, 4) is 0 Å². The van der Waals surface area contributed by atoms with Crippen LogP contribution in [0.3, 0.4) is 0 Å². The SMILES string of the molecule is C[PH]([O-])([O-])C[PH](C)([O-])[O-].[Mg+2].[Mg+2]. The monoisotopic (exact) mass is 220 g/mol. The van der Waals surface area contributed by atoms with Gasteiger partial charge in [-0.05, 0) is 0 Å². The maximum Gasteiger partial charge on any atom is 2.00 e. The first-order valence-corrected chi connectivity index (χ1v) is 7.57. The summed E-state index contributed by atoms with van der Waals surface area (Å²) >= 11 is 0. The van der Waals surface area contributed by atoms with Gasteiger partial charge in [-0.2, -0.15) is 0 Å². The van der Waals surface area contributed by atoms with E-state index in [2.05, 4.69) is 0 Å². The minimum absolute atomic E-state index is 0. The van der Waals surface area contributed by atoms with Gasteiger partial charge in [-0.25, -0.2) is 0 Å². The van der Waals surface area contributed by atoms with Crippen LogP contribution in [0.2, 0.25) is 0 Å². The van der Waals surface area contributed by atoms with Gasteiger partial charge in [0.05, 0.1) is 0 Å². The quantitative estimate of drug-likeness (QED) is 0.351. The van der Waals surface area contributed by atoms with Gasteiger partial charge in [0.25, 0.3) is 0 Å². The molecule has 0 bridgehead atoms. The van der Waals surface area contributed by atoms with Crippen molar-refractivity contribution in [3.05, 3.63) is 0 Å². The van der Waals surface area contributed by atoms with E-state index in [1.54, 1.807) is 0 Å². The van der Waals surface area contributed by atoms with Gasteiger partial charge in [0, 0.05) is 0 Å². The zero-order valence-corrected chi connectivity index (χ0v) is 11.6. The maximum absolute atomic E-state index is 10.3. The average molecular weight is 221 g/mol. The van der Waals surface area contributed by atoms with Crippen LogP contribution in [-0.4, -0.2) is 65.3 Å². The van der Waals surface area contributed by atoms with Crippen LogP contribution in [0.1, 0.15) is 0 Å². The van der Waals surface area contributed by atoms with Gasteiger partial charge >= 0.3 is 100 Å². The second-order valence-corrected chi connectivity index (χ2v) is 8.39. The minimum atomic E-state index is -3.86. The van der Waals surface area contributed by atoms with Gasteiger partial charge in [0.2, 0.25) is 0 Å².